The molecule has 4 amide bonds. The number of likely N-dealkylation sites (N-methyl/N-ethyl adjacent to an activating group) is 1. The van der Waals surface area contributed by atoms with Crippen molar-refractivity contribution in [3.8, 4) is 5.75 Å². The van der Waals surface area contributed by atoms with Crippen molar-refractivity contribution in [2.75, 3.05) is 57.8 Å². The molecule has 5 heterocycles. The summed E-state index contributed by atoms with van der Waals surface area (Å²) >= 11 is 0. The smallest absolute Gasteiger partial charge is 0.338 e. The highest BCUT2D eigenvalue weighted by Crippen LogP contribution is 2.32. The first kappa shape index (κ1) is 35.7. The van der Waals surface area contributed by atoms with Crippen LogP contribution in [0.4, 0.5) is 15.0 Å². The van der Waals surface area contributed by atoms with Gasteiger partial charge in [0.25, 0.3) is 5.91 Å². The van der Waals surface area contributed by atoms with Gasteiger partial charge in [0.1, 0.15) is 23.4 Å². The lowest BCUT2D eigenvalue weighted by Crippen LogP contribution is -2.67. The minimum Gasteiger partial charge on any atom is -0.508 e. The maximum absolute atomic E-state index is 15.1. The van der Waals surface area contributed by atoms with E-state index in [0.717, 1.165) is 55.9 Å². The van der Waals surface area contributed by atoms with E-state index in [2.05, 4.69) is 40.2 Å². The minimum absolute atomic E-state index is 0.0449. The second kappa shape index (κ2) is 15.1. The molecule has 0 spiro atoms. The second-order valence-corrected chi connectivity index (χ2v) is 13.8. The van der Waals surface area contributed by atoms with Crippen LogP contribution in [0, 0.1) is 5.82 Å². The van der Waals surface area contributed by atoms with Gasteiger partial charge in [-0.15, -0.1) is 6.58 Å². The van der Waals surface area contributed by atoms with Gasteiger partial charge in [-0.3, -0.25) is 19.4 Å². The molecule has 0 aliphatic carbocycles. The standard InChI is InChI=1S/C39H44FN9O4/c1-4-15-47-26-37(51)48-34(18-29-13-14-32(50)19-33(29)40)38(52)46(25-36(48)49(47)39(53)41-20-28-9-6-5-7-10-28)22-30-11-8-12-35(42-30)45-23-31(24-45)44-17-16-43(3)27(2)21-44/h4-14,19,25,31,34,50H,1-2,15-18,20-24,26H2,3H3,(H,41,53)/t34-/m0/s1. The molecule has 3 saturated heterocycles. The first-order valence-corrected chi connectivity index (χ1v) is 17.7. The van der Waals surface area contributed by atoms with Gasteiger partial charge in [0.2, 0.25) is 5.91 Å². The predicted octanol–water partition coefficient (Wildman–Crippen LogP) is 3.09. The zero-order chi connectivity index (χ0) is 37.2. The fourth-order valence-corrected chi connectivity index (χ4v) is 7.18. The van der Waals surface area contributed by atoms with Crippen LogP contribution in [0.1, 0.15) is 16.8 Å². The quantitative estimate of drug-likeness (QED) is 0.305. The monoisotopic (exact) mass is 721 g/mol. The summed E-state index contributed by atoms with van der Waals surface area (Å²) in [5.41, 5.74) is 2.74. The molecule has 7 rings (SSSR count). The number of urea groups is 1. The number of phenolic OH excluding ortho intramolecular Hbond substituents is 1. The minimum atomic E-state index is -1.19. The van der Waals surface area contributed by atoms with E-state index < -0.39 is 29.7 Å². The summed E-state index contributed by atoms with van der Waals surface area (Å²) in [5.74, 6) is -0.916. The van der Waals surface area contributed by atoms with Crippen molar-refractivity contribution >= 4 is 23.7 Å². The Kier molecular flexibility index (Phi) is 10.2. The number of nitrogens with zero attached hydrogens (tertiary/aromatic N) is 8. The molecule has 0 bridgehead atoms. The number of carbonyl (C=O) groups excluding carboxylic acids is 3. The van der Waals surface area contributed by atoms with Gasteiger partial charge < -0.3 is 25.1 Å². The average Bonchev–Trinajstić information content (AvgIpc) is 3.11. The van der Waals surface area contributed by atoms with Crippen molar-refractivity contribution in [3.63, 3.8) is 0 Å². The Balaban J connectivity index is 1.17. The van der Waals surface area contributed by atoms with E-state index in [9.17, 15) is 19.5 Å². The van der Waals surface area contributed by atoms with Crippen LogP contribution in [0.5, 0.6) is 5.75 Å². The summed E-state index contributed by atoms with van der Waals surface area (Å²) in [6, 6.07) is 17.5. The number of amides is 4. The van der Waals surface area contributed by atoms with Crippen molar-refractivity contribution in [1.82, 2.24) is 39.9 Å². The van der Waals surface area contributed by atoms with Crippen molar-refractivity contribution in [3.05, 3.63) is 126 Å². The Bertz CT molecular complexity index is 1930. The van der Waals surface area contributed by atoms with Crippen LogP contribution in [0.15, 0.2) is 104 Å². The van der Waals surface area contributed by atoms with Gasteiger partial charge in [-0.1, -0.05) is 55.1 Å². The number of hydrazine groups is 1. The summed E-state index contributed by atoms with van der Waals surface area (Å²) in [6.45, 7) is 12.7. The molecular weight excluding hydrogens is 677 g/mol. The topological polar surface area (TPSA) is 119 Å². The van der Waals surface area contributed by atoms with Gasteiger partial charge in [-0.25, -0.2) is 19.2 Å². The van der Waals surface area contributed by atoms with Crippen LogP contribution >= 0.6 is 0 Å². The summed E-state index contributed by atoms with van der Waals surface area (Å²) in [4.78, 5) is 56.7. The molecule has 3 fully saturated rings. The number of pyridine rings is 1. The number of hydrogen-bond donors (Lipinski definition) is 2. The molecule has 4 aliphatic rings. The number of phenols is 1. The molecule has 3 aromatic rings. The SMILES string of the molecule is C=CCN1CC(=O)N2C(=CN(Cc3cccc(N4CC(N5CCN(C)C(=C)C5)C4)n3)C(=O)[C@@H]2Cc2ccc(O)cc2F)N1C(=O)NCc1ccccc1. The summed E-state index contributed by atoms with van der Waals surface area (Å²) < 4.78 is 15.1. The number of aromatic nitrogens is 1. The lowest BCUT2D eigenvalue weighted by Gasteiger charge is -2.49. The molecule has 2 aromatic carbocycles. The highest BCUT2D eigenvalue weighted by atomic mass is 19.1. The molecule has 53 heavy (non-hydrogen) atoms. The van der Waals surface area contributed by atoms with E-state index in [4.69, 9.17) is 4.98 Å². The van der Waals surface area contributed by atoms with Crippen LogP contribution in [0.3, 0.4) is 0 Å². The summed E-state index contributed by atoms with van der Waals surface area (Å²) in [5, 5.41) is 15.7. The number of fused-ring (bicyclic) bond motifs is 1. The molecule has 0 radical (unpaired) electrons. The number of halogens is 1. The van der Waals surface area contributed by atoms with Gasteiger partial charge in [-0.2, -0.15) is 5.01 Å². The fourth-order valence-electron chi connectivity index (χ4n) is 7.18. The third kappa shape index (κ3) is 7.46. The molecule has 0 saturated carbocycles. The third-order valence-electron chi connectivity index (χ3n) is 10.2. The van der Waals surface area contributed by atoms with Crippen LogP contribution in [-0.4, -0.2) is 122 Å². The zero-order valence-electron chi connectivity index (χ0n) is 29.8. The van der Waals surface area contributed by atoms with Gasteiger partial charge in [0.05, 0.1) is 25.0 Å². The number of rotatable bonds is 10. The maximum Gasteiger partial charge on any atom is 0.338 e. The molecule has 2 N–H and O–H groups in total. The largest absolute Gasteiger partial charge is 0.508 e. The number of aromatic hydroxyl groups is 1. The molecule has 13 nitrogen and oxygen atoms in total. The van der Waals surface area contributed by atoms with E-state index >= 15 is 4.39 Å². The highest BCUT2D eigenvalue weighted by Gasteiger charge is 2.47. The van der Waals surface area contributed by atoms with E-state index in [1.165, 1.54) is 33.1 Å². The number of hydrogen-bond acceptors (Lipinski definition) is 9. The summed E-state index contributed by atoms with van der Waals surface area (Å²) in [7, 11) is 2.07. The molecule has 0 unspecified atom stereocenters. The van der Waals surface area contributed by atoms with E-state index in [1.54, 1.807) is 11.1 Å². The van der Waals surface area contributed by atoms with E-state index in [0.29, 0.717) is 11.7 Å². The van der Waals surface area contributed by atoms with E-state index in [-0.39, 0.29) is 49.7 Å². The predicted molar refractivity (Wildman–Crippen MR) is 197 cm³/mol. The Labute approximate surface area is 308 Å². The van der Waals surface area contributed by atoms with Crippen LogP contribution in [0.25, 0.3) is 0 Å². The van der Waals surface area contributed by atoms with Gasteiger partial charge in [0, 0.05) is 77.1 Å². The molecular formula is C39H44FN9O4. The first-order valence-electron chi connectivity index (χ1n) is 17.7. The molecule has 276 valence electrons. The lowest BCUT2D eigenvalue weighted by molar-refractivity contribution is -0.157. The van der Waals surface area contributed by atoms with Crippen molar-refractivity contribution < 1.29 is 23.9 Å². The van der Waals surface area contributed by atoms with Crippen LogP contribution in [0.2, 0.25) is 0 Å². The van der Waals surface area contributed by atoms with Crippen LogP contribution in [-0.2, 0) is 29.1 Å². The fraction of sp³-hybridized carbons (Fsp3) is 0.333. The Morgan fingerprint density at radius 3 is 2.58 bits per heavy atom. The zero-order valence-corrected chi connectivity index (χ0v) is 29.8. The number of anilines is 1. The number of carbonyl (C=O) groups is 3. The second-order valence-electron chi connectivity index (χ2n) is 13.8. The molecule has 1 atom stereocenters. The van der Waals surface area contributed by atoms with E-state index in [1.807, 2.05) is 48.5 Å². The molecule has 1 aromatic heterocycles. The number of benzene rings is 2. The van der Waals surface area contributed by atoms with Crippen molar-refractivity contribution in [2.45, 2.75) is 31.6 Å². The highest BCUT2D eigenvalue weighted by molar-refractivity contribution is 5.94. The third-order valence-corrected chi connectivity index (χ3v) is 10.2. The van der Waals surface area contributed by atoms with Crippen LogP contribution < -0.4 is 10.2 Å². The maximum atomic E-state index is 15.1. The van der Waals surface area contributed by atoms with Gasteiger partial charge in [0.15, 0.2) is 5.82 Å². The Morgan fingerprint density at radius 1 is 1.06 bits per heavy atom. The molecule has 4 aliphatic heterocycles. The van der Waals surface area contributed by atoms with Crippen molar-refractivity contribution in [2.24, 2.45) is 0 Å². The number of piperazine rings is 1. The number of nitrogens with one attached hydrogen (secondary N) is 1. The first-order chi connectivity index (χ1) is 25.6. The van der Waals surface area contributed by atoms with Gasteiger partial charge in [-0.05, 0) is 29.3 Å². The average molecular weight is 722 g/mol. The van der Waals surface area contributed by atoms with Crippen molar-refractivity contribution in [1.29, 1.82) is 0 Å². The van der Waals surface area contributed by atoms with Gasteiger partial charge >= 0.3 is 6.03 Å². The summed E-state index contributed by atoms with van der Waals surface area (Å²) in [6.07, 6.45) is 2.90. The Morgan fingerprint density at radius 2 is 1.85 bits per heavy atom. The molecule has 14 heteroatoms. The lowest BCUT2D eigenvalue weighted by atomic mass is 10.00. The Hall–Kier alpha value is -5.73. The normalized spacial score (nSPS) is 20.0.